The summed E-state index contributed by atoms with van der Waals surface area (Å²) in [7, 11) is -1.80. The zero-order valence-electron chi connectivity index (χ0n) is 16.6. The fourth-order valence-corrected chi connectivity index (χ4v) is 4.55. The standard InChI is InChI=1S/C20H29N3OSSi/c1-15(24-26(5,6)20(2,3)4)19-23-14-18(25-19)13-22-17-9-7-16(8-10-17)11-12-21/h7-10,14-15,22H,11,13H2,1-6H3/t15-/m0/s1. The van der Waals surface area contributed by atoms with Gasteiger partial charge in [-0.15, -0.1) is 11.3 Å². The number of thiazole rings is 1. The first-order chi connectivity index (χ1) is 12.1. The Balaban J connectivity index is 1.94. The number of benzene rings is 1. The smallest absolute Gasteiger partial charge is 0.193 e. The normalized spacial score (nSPS) is 13.3. The molecule has 6 heteroatoms. The molecule has 1 heterocycles. The average molecular weight is 388 g/mol. The van der Waals surface area contributed by atoms with E-state index in [0.717, 1.165) is 22.8 Å². The fourth-order valence-electron chi connectivity index (χ4n) is 2.28. The van der Waals surface area contributed by atoms with Crippen LogP contribution in [-0.4, -0.2) is 13.3 Å². The van der Waals surface area contributed by atoms with E-state index < -0.39 is 8.32 Å². The molecule has 0 aliphatic carbocycles. The molecule has 26 heavy (non-hydrogen) atoms. The maximum absolute atomic E-state index is 8.72. The Labute approximate surface area is 162 Å². The van der Waals surface area contributed by atoms with Gasteiger partial charge in [0.25, 0.3) is 0 Å². The maximum Gasteiger partial charge on any atom is 0.193 e. The minimum atomic E-state index is -1.80. The van der Waals surface area contributed by atoms with Gasteiger partial charge in [0, 0.05) is 16.8 Å². The molecule has 2 aromatic rings. The second kappa shape index (κ2) is 8.34. The Hall–Kier alpha value is -1.68. The lowest BCUT2D eigenvalue weighted by molar-refractivity contribution is 0.202. The molecule has 4 nitrogen and oxygen atoms in total. The van der Waals surface area contributed by atoms with Gasteiger partial charge >= 0.3 is 0 Å². The molecule has 0 fully saturated rings. The molecule has 0 aliphatic heterocycles. The van der Waals surface area contributed by atoms with E-state index in [4.69, 9.17) is 9.69 Å². The van der Waals surface area contributed by atoms with Crippen LogP contribution in [0.3, 0.4) is 0 Å². The highest BCUT2D eigenvalue weighted by atomic mass is 32.1. The predicted octanol–water partition coefficient (Wildman–Crippen LogP) is 5.90. The van der Waals surface area contributed by atoms with Gasteiger partial charge in [0.15, 0.2) is 8.32 Å². The summed E-state index contributed by atoms with van der Waals surface area (Å²) >= 11 is 1.70. The Bertz CT molecular complexity index is 757. The summed E-state index contributed by atoms with van der Waals surface area (Å²) in [4.78, 5) is 5.76. The Kier molecular flexibility index (Phi) is 6.62. The van der Waals surface area contributed by atoms with Crippen LogP contribution in [0.5, 0.6) is 0 Å². The van der Waals surface area contributed by atoms with Crippen molar-refractivity contribution in [3.63, 3.8) is 0 Å². The molecule has 1 aromatic carbocycles. The number of anilines is 1. The lowest BCUT2D eigenvalue weighted by atomic mass is 10.1. The summed E-state index contributed by atoms with van der Waals surface area (Å²) < 4.78 is 6.44. The SMILES string of the molecule is C[C@H](O[Si](C)(C)C(C)(C)C)c1ncc(CNc2ccc(CC#N)cc2)s1. The largest absolute Gasteiger partial charge is 0.408 e. The number of aromatic nitrogens is 1. The molecule has 140 valence electrons. The zero-order valence-corrected chi connectivity index (χ0v) is 18.4. The third-order valence-corrected chi connectivity index (χ3v) is 10.6. The van der Waals surface area contributed by atoms with E-state index in [9.17, 15) is 0 Å². The molecular weight excluding hydrogens is 358 g/mol. The molecule has 0 unspecified atom stereocenters. The maximum atomic E-state index is 8.72. The lowest BCUT2D eigenvalue weighted by Gasteiger charge is -2.38. The molecule has 0 spiro atoms. The van der Waals surface area contributed by atoms with Crippen LogP contribution >= 0.6 is 11.3 Å². The third-order valence-electron chi connectivity index (χ3n) is 4.90. The van der Waals surface area contributed by atoms with Crippen molar-refractivity contribution in [2.75, 3.05) is 5.32 Å². The van der Waals surface area contributed by atoms with Gasteiger partial charge in [0.2, 0.25) is 0 Å². The first-order valence-electron chi connectivity index (χ1n) is 8.94. The minimum Gasteiger partial charge on any atom is -0.408 e. The number of nitrogens with one attached hydrogen (secondary N) is 1. The van der Waals surface area contributed by atoms with E-state index in [-0.39, 0.29) is 11.1 Å². The van der Waals surface area contributed by atoms with Crippen LogP contribution < -0.4 is 5.32 Å². The highest BCUT2D eigenvalue weighted by Crippen LogP contribution is 2.40. The monoisotopic (exact) mass is 387 g/mol. The van der Waals surface area contributed by atoms with Crippen molar-refractivity contribution in [2.24, 2.45) is 0 Å². The molecule has 0 bridgehead atoms. The highest BCUT2D eigenvalue weighted by molar-refractivity contribution is 7.11. The van der Waals surface area contributed by atoms with Crippen LogP contribution in [0.15, 0.2) is 30.5 Å². The van der Waals surface area contributed by atoms with Crippen molar-refractivity contribution in [3.8, 4) is 6.07 Å². The van der Waals surface area contributed by atoms with Crippen LogP contribution in [0.2, 0.25) is 18.1 Å². The van der Waals surface area contributed by atoms with Crippen molar-refractivity contribution in [2.45, 2.75) is 64.9 Å². The van der Waals surface area contributed by atoms with Crippen molar-refractivity contribution >= 4 is 25.3 Å². The molecule has 0 aliphatic rings. The minimum absolute atomic E-state index is 0.0277. The molecule has 2 rings (SSSR count). The number of nitrogens with zero attached hydrogens (tertiary/aromatic N) is 2. The van der Waals surface area contributed by atoms with E-state index in [1.807, 2.05) is 30.5 Å². The van der Waals surface area contributed by atoms with Crippen molar-refractivity contribution in [1.29, 1.82) is 5.26 Å². The van der Waals surface area contributed by atoms with Crippen LogP contribution in [0.4, 0.5) is 5.69 Å². The summed E-state index contributed by atoms with van der Waals surface area (Å²) in [6.45, 7) is 14.2. The van der Waals surface area contributed by atoms with E-state index >= 15 is 0 Å². The quantitative estimate of drug-likeness (QED) is 0.600. The summed E-state index contributed by atoms with van der Waals surface area (Å²) in [6.07, 6.45) is 2.41. The van der Waals surface area contributed by atoms with Crippen molar-refractivity contribution in [1.82, 2.24) is 4.98 Å². The molecule has 1 atom stereocenters. The van der Waals surface area contributed by atoms with Gasteiger partial charge < -0.3 is 9.74 Å². The fraction of sp³-hybridized carbons (Fsp3) is 0.500. The summed E-state index contributed by atoms with van der Waals surface area (Å²) in [5, 5.41) is 13.4. The van der Waals surface area contributed by atoms with Crippen LogP contribution in [0.25, 0.3) is 0 Å². The van der Waals surface area contributed by atoms with Crippen molar-refractivity contribution < 1.29 is 4.43 Å². The lowest BCUT2D eigenvalue weighted by Crippen LogP contribution is -2.41. The summed E-state index contributed by atoms with van der Waals surface area (Å²) in [5.74, 6) is 0. The Morgan fingerprint density at radius 1 is 1.27 bits per heavy atom. The number of hydrogen-bond donors (Lipinski definition) is 1. The third kappa shape index (κ3) is 5.40. The summed E-state index contributed by atoms with van der Waals surface area (Å²) in [5.41, 5.74) is 2.09. The summed E-state index contributed by atoms with van der Waals surface area (Å²) in [6, 6.07) is 10.2. The van der Waals surface area contributed by atoms with Gasteiger partial charge in [-0.1, -0.05) is 32.9 Å². The van der Waals surface area contributed by atoms with E-state index in [1.54, 1.807) is 11.3 Å². The predicted molar refractivity (Wildman–Crippen MR) is 112 cm³/mol. The van der Waals surface area contributed by atoms with Crippen LogP contribution in [0, 0.1) is 11.3 Å². The molecule has 0 amide bonds. The first kappa shape index (κ1) is 20.6. The van der Waals surface area contributed by atoms with Gasteiger partial charge in [-0.3, -0.25) is 0 Å². The van der Waals surface area contributed by atoms with Gasteiger partial charge in [-0.05, 0) is 42.8 Å². The van der Waals surface area contributed by atoms with Gasteiger partial charge in [-0.25, -0.2) is 4.98 Å². The number of nitriles is 1. The molecule has 1 aromatic heterocycles. The molecular formula is C20H29N3OSSi. The van der Waals surface area contributed by atoms with E-state index in [0.29, 0.717) is 6.42 Å². The van der Waals surface area contributed by atoms with E-state index in [2.05, 4.69) is 57.2 Å². The zero-order chi connectivity index (χ0) is 19.4. The number of rotatable bonds is 7. The number of hydrogen-bond acceptors (Lipinski definition) is 5. The second-order valence-corrected chi connectivity index (χ2v) is 14.0. The average Bonchev–Trinajstić information content (AvgIpc) is 3.02. The first-order valence-corrected chi connectivity index (χ1v) is 12.7. The molecule has 1 N–H and O–H groups in total. The van der Waals surface area contributed by atoms with Crippen LogP contribution in [-0.2, 0) is 17.4 Å². The van der Waals surface area contributed by atoms with E-state index in [1.165, 1.54) is 4.88 Å². The van der Waals surface area contributed by atoms with Crippen molar-refractivity contribution in [3.05, 3.63) is 45.9 Å². The second-order valence-electron chi connectivity index (χ2n) is 8.07. The van der Waals surface area contributed by atoms with Crippen LogP contribution in [0.1, 0.15) is 49.2 Å². The molecule has 0 saturated carbocycles. The molecule has 0 saturated heterocycles. The van der Waals surface area contributed by atoms with Gasteiger partial charge in [0.05, 0.1) is 25.1 Å². The molecule has 0 radical (unpaired) electrons. The highest BCUT2D eigenvalue weighted by Gasteiger charge is 2.39. The topological polar surface area (TPSA) is 57.9 Å². The van der Waals surface area contributed by atoms with Gasteiger partial charge in [0.1, 0.15) is 5.01 Å². The Morgan fingerprint density at radius 2 is 1.92 bits per heavy atom. The van der Waals surface area contributed by atoms with Gasteiger partial charge in [-0.2, -0.15) is 5.26 Å². The Morgan fingerprint density at radius 3 is 2.50 bits per heavy atom.